The van der Waals surface area contributed by atoms with Crippen molar-refractivity contribution in [3.63, 3.8) is 0 Å². The molecule has 0 aliphatic heterocycles. The van der Waals surface area contributed by atoms with Gasteiger partial charge in [0, 0.05) is 24.7 Å². The Morgan fingerprint density at radius 2 is 2.10 bits per heavy atom. The summed E-state index contributed by atoms with van der Waals surface area (Å²) in [6, 6.07) is 7.83. The number of alkyl halides is 1. The van der Waals surface area contributed by atoms with Crippen LogP contribution in [0.25, 0.3) is 0 Å². The van der Waals surface area contributed by atoms with Crippen LogP contribution in [0.4, 0.5) is 0 Å². The highest BCUT2D eigenvalue weighted by Crippen LogP contribution is 2.37. The van der Waals surface area contributed by atoms with Crippen LogP contribution in [0.15, 0.2) is 41.1 Å². The van der Waals surface area contributed by atoms with Gasteiger partial charge in [0.05, 0.1) is 17.7 Å². The Hall–Kier alpha value is -1.26. The molecule has 2 aromatic rings. The minimum atomic E-state index is 0.439. The van der Waals surface area contributed by atoms with Crippen molar-refractivity contribution < 1.29 is 9.47 Å². The van der Waals surface area contributed by atoms with Crippen molar-refractivity contribution in [2.24, 2.45) is 0 Å². The topological polar surface area (TPSA) is 31.4 Å². The van der Waals surface area contributed by atoms with Crippen molar-refractivity contribution in [2.75, 3.05) is 13.2 Å². The zero-order chi connectivity index (χ0) is 15.1. The van der Waals surface area contributed by atoms with Gasteiger partial charge in [-0.2, -0.15) is 0 Å². The van der Waals surface area contributed by atoms with Crippen LogP contribution < -0.4 is 9.47 Å². The number of benzene rings is 1. The van der Waals surface area contributed by atoms with E-state index in [1.54, 1.807) is 6.20 Å². The Kier molecular flexibility index (Phi) is 6.33. The lowest BCUT2D eigenvalue weighted by atomic mass is 10.2. The Balaban J connectivity index is 2.07. The van der Waals surface area contributed by atoms with Gasteiger partial charge in [0.1, 0.15) is 0 Å². The summed E-state index contributed by atoms with van der Waals surface area (Å²) >= 11 is 9.40. The molecular formula is C16H17BrClNO2. The summed E-state index contributed by atoms with van der Waals surface area (Å²) in [5.74, 6) is 1.87. The Labute approximate surface area is 138 Å². The molecule has 0 atom stereocenters. The lowest BCUT2D eigenvalue weighted by molar-refractivity contribution is 0.277. The SMILES string of the molecule is CCOc1cc(CCl)cc(Br)c1OCCc1cccnc1. The zero-order valence-corrected chi connectivity index (χ0v) is 14.2. The van der Waals surface area contributed by atoms with Gasteiger partial charge in [-0.25, -0.2) is 0 Å². The second-order valence-electron chi connectivity index (χ2n) is 4.43. The number of ether oxygens (including phenoxy) is 2. The van der Waals surface area contributed by atoms with E-state index in [-0.39, 0.29) is 0 Å². The smallest absolute Gasteiger partial charge is 0.175 e. The number of rotatable bonds is 7. The van der Waals surface area contributed by atoms with Crippen LogP contribution in [0, 0.1) is 0 Å². The van der Waals surface area contributed by atoms with Crippen LogP contribution in [-0.2, 0) is 12.3 Å². The lowest BCUT2D eigenvalue weighted by Crippen LogP contribution is -2.05. The molecule has 5 heteroatoms. The van der Waals surface area contributed by atoms with E-state index in [9.17, 15) is 0 Å². The quantitative estimate of drug-likeness (QED) is 0.667. The van der Waals surface area contributed by atoms with Crippen LogP contribution in [0.1, 0.15) is 18.1 Å². The van der Waals surface area contributed by atoms with Gasteiger partial charge in [0.25, 0.3) is 0 Å². The van der Waals surface area contributed by atoms with Crippen molar-refractivity contribution in [2.45, 2.75) is 19.2 Å². The van der Waals surface area contributed by atoms with Crippen molar-refractivity contribution in [1.29, 1.82) is 0 Å². The first-order chi connectivity index (χ1) is 10.2. The summed E-state index contributed by atoms with van der Waals surface area (Å²) in [6.45, 7) is 3.09. The van der Waals surface area contributed by atoms with Crippen LogP contribution in [0.5, 0.6) is 11.5 Å². The summed E-state index contributed by atoms with van der Waals surface area (Å²) in [5.41, 5.74) is 2.13. The molecule has 0 spiro atoms. The number of hydrogen-bond donors (Lipinski definition) is 0. The molecule has 112 valence electrons. The molecule has 0 amide bonds. The van der Waals surface area contributed by atoms with Crippen molar-refractivity contribution in [3.8, 4) is 11.5 Å². The monoisotopic (exact) mass is 369 g/mol. The molecule has 0 saturated heterocycles. The largest absolute Gasteiger partial charge is 0.490 e. The van der Waals surface area contributed by atoms with Crippen molar-refractivity contribution in [3.05, 3.63) is 52.3 Å². The molecule has 0 radical (unpaired) electrons. The molecule has 0 fully saturated rings. The molecule has 0 saturated carbocycles. The summed E-state index contributed by atoms with van der Waals surface area (Å²) in [4.78, 5) is 4.09. The highest BCUT2D eigenvalue weighted by molar-refractivity contribution is 9.10. The molecule has 0 aliphatic carbocycles. The van der Waals surface area contributed by atoms with Gasteiger partial charge in [-0.3, -0.25) is 4.98 Å². The van der Waals surface area contributed by atoms with Gasteiger partial charge in [-0.15, -0.1) is 11.6 Å². The van der Waals surface area contributed by atoms with Crippen LogP contribution in [-0.4, -0.2) is 18.2 Å². The summed E-state index contributed by atoms with van der Waals surface area (Å²) in [6.07, 6.45) is 4.40. The minimum Gasteiger partial charge on any atom is -0.490 e. The molecule has 1 heterocycles. The molecule has 0 N–H and O–H groups in total. The van der Waals surface area contributed by atoms with E-state index >= 15 is 0 Å². The summed E-state index contributed by atoms with van der Waals surface area (Å²) in [5, 5.41) is 0. The van der Waals surface area contributed by atoms with E-state index < -0.39 is 0 Å². The maximum Gasteiger partial charge on any atom is 0.175 e. The van der Waals surface area contributed by atoms with Crippen molar-refractivity contribution >= 4 is 27.5 Å². The van der Waals surface area contributed by atoms with Gasteiger partial charge in [-0.05, 0) is 52.2 Å². The predicted molar refractivity (Wildman–Crippen MR) is 88.3 cm³/mol. The molecule has 1 aromatic heterocycles. The van der Waals surface area contributed by atoms with E-state index in [4.69, 9.17) is 21.1 Å². The Bertz CT molecular complexity index is 578. The van der Waals surface area contributed by atoms with Crippen LogP contribution in [0.3, 0.4) is 0 Å². The van der Waals surface area contributed by atoms with Crippen LogP contribution >= 0.6 is 27.5 Å². The third-order valence-corrected chi connectivity index (χ3v) is 3.78. The zero-order valence-electron chi connectivity index (χ0n) is 11.8. The average molecular weight is 371 g/mol. The summed E-state index contributed by atoms with van der Waals surface area (Å²) < 4.78 is 12.4. The maximum absolute atomic E-state index is 5.88. The predicted octanol–water partition coefficient (Wildman–Crippen LogP) is 4.60. The van der Waals surface area contributed by atoms with E-state index in [0.717, 1.165) is 27.8 Å². The second-order valence-corrected chi connectivity index (χ2v) is 5.55. The fourth-order valence-corrected chi connectivity index (χ4v) is 2.68. The van der Waals surface area contributed by atoms with Crippen molar-refractivity contribution in [1.82, 2.24) is 4.98 Å². The second kappa shape index (κ2) is 8.25. The fourth-order valence-electron chi connectivity index (χ4n) is 1.92. The third kappa shape index (κ3) is 4.61. The first-order valence-corrected chi connectivity index (χ1v) is 8.10. The highest BCUT2D eigenvalue weighted by atomic mass is 79.9. The molecule has 0 aliphatic rings. The standard InChI is InChI=1S/C16H17BrClNO2/c1-2-20-15-9-13(10-18)8-14(17)16(15)21-7-5-12-4-3-6-19-11-12/h3-4,6,8-9,11H,2,5,7,10H2,1H3. The Morgan fingerprint density at radius 3 is 2.76 bits per heavy atom. The van der Waals surface area contributed by atoms with Gasteiger partial charge in [0.2, 0.25) is 0 Å². The first-order valence-electron chi connectivity index (χ1n) is 6.77. The van der Waals surface area contributed by atoms with Gasteiger partial charge in [0.15, 0.2) is 11.5 Å². The van der Waals surface area contributed by atoms with Gasteiger partial charge < -0.3 is 9.47 Å². The first kappa shape index (κ1) is 16.1. The lowest BCUT2D eigenvalue weighted by Gasteiger charge is -2.15. The van der Waals surface area contributed by atoms with E-state index in [1.807, 2.05) is 37.4 Å². The summed E-state index contributed by atoms with van der Waals surface area (Å²) in [7, 11) is 0. The number of pyridine rings is 1. The maximum atomic E-state index is 5.88. The normalized spacial score (nSPS) is 10.4. The molecule has 21 heavy (non-hydrogen) atoms. The third-order valence-electron chi connectivity index (χ3n) is 2.88. The van der Waals surface area contributed by atoms with Gasteiger partial charge >= 0.3 is 0 Å². The van der Waals surface area contributed by atoms with E-state index in [2.05, 4.69) is 20.9 Å². The number of aromatic nitrogens is 1. The molecule has 1 aromatic carbocycles. The van der Waals surface area contributed by atoms with Crippen LogP contribution in [0.2, 0.25) is 0 Å². The molecule has 2 rings (SSSR count). The van der Waals surface area contributed by atoms with Gasteiger partial charge in [-0.1, -0.05) is 6.07 Å². The highest BCUT2D eigenvalue weighted by Gasteiger charge is 2.12. The molecule has 0 unspecified atom stereocenters. The molecular weight excluding hydrogens is 354 g/mol. The molecule has 0 bridgehead atoms. The number of halogens is 2. The average Bonchev–Trinajstić information content (AvgIpc) is 2.51. The molecule has 3 nitrogen and oxygen atoms in total. The Morgan fingerprint density at radius 1 is 1.24 bits per heavy atom. The number of hydrogen-bond acceptors (Lipinski definition) is 3. The van der Waals surface area contributed by atoms with E-state index in [1.165, 1.54) is 0 Å². The fraction of sp³-hybridized carbons (Fsp3) is 0.312. The van der Waals surface area contributed by atoms with E-state index in [0.29, 0.717) is 24.8 Å². The minimum absolute atomic E-state index is 0.439. The number of nitrogens with zero attached hydrogens (tertiary/aromatic N) is 1.